The van der Waals surface area contributed by atoms with Gasteiger partial charge in [-0.2, -0.15) is 4.39 Å². The number of pyridine rings is 1. The molecule has 2 aromatic heterocycles. The molecule has 94 valence electrons. The molecule has 0 amide bonds. The number of benzene rings is 1. The van der Waals surface area contributed by atoms with E-state index in [0.29, 0.717) is 12.4 Å². The molecular formula is C14H11FN4. The summed E-state index contributed by atoms with van der Waals surface area (Å²) in [5, 5.41) is 4.14. The molecule has 1 N–H and O–H groups in total. The highest BCUT2D eigenvalue weighted by molar-refractivity contribution is 5.81. The monoisotopic (exact) mass is 254 g/mol. The summed E-state index contributed by atoms with van der Waals surface area (Å²) >= 11 is 0. The minimum absolute atomic E-state index is 0.459. The first-order chi connectivity index (χ1) is 9.33. The molecule has 19 heavy (non-hydrogen) atoms. The molecule has 0 fully saturated rings. The zero-order chi connectivity index (χ0) is 13.1. The van der Waals surface area contributed by atoms with Crippen molar-refractivity contribution in [2.75, 3.05) is 5.32 Å². The van der Waals surface area contributed by atoms with Crippen molar-refractivity contribution in [1.29, 1.82) is 0 Å². The van der Waals surface area contributed by atoms with Crippen LogP contribution in [0.1, 0.15) is 5.56 Å². The Balaban J connectivity index is 1.86. The van der Waals surface area contributed by atoms with Gasteiger partial charge in [0.05, 0.1) is 5.52 Å². The molecule has 3 rings (SSSR count). The Morgan fingerprint density at radius 3 is 2.84 bits per heavy atom. The fourth-order valence-corrected chi connectivity index (χ4v) is 1.93. The average molecular weight is 254 g/mol. The number of nitrogens with one attached hydrogen (secondary N) is 1. The Bertz CT molecular complexity index is 709. The number of halogens is 1. The Hall–Kier alpha value is -2.56. The third kappa shape index (κ3) is 2.49. The Morgan fingerprint density at radius 2 is 1.95 bits per heavy atom. The minimum atomic E-state index is -0.548. The van der Waals surface area contributed by atoms with Crippen molar-refractivity contribution in [1.82, 2.24) is 15.0 Å². The Labute approximate surface area is 109 Å². The molecule has 0 aliphatic rings. The molecule has 0 bridgehead atoms. The van der Waals surface area contributed by atoms with Crippen molar-refractivity contribution >= 4 is 16.7 Å². The molecule has 0 spiro atoms. The lowest BCUT2D eigenvalue weighted by Gasteiger charge is -2.07. The second-order valence-electron chi connectivity index (χ2n) is 4.07. The van der Waals surface area contributed by atoms with E-state index in [-0.39, 0.29) is 0 Å². The number of hydrogen-bond acceptors (Lipinski definition) is 4. The summed E-state index contributed by atoms with van der Waals surface area (Å²) in [4.78, 5) is 11.7. The lowest BCUT2D eigenvalue weighted by molar-refractivity contribution is 0.580. The summed E-state index contributed by atoms with van der Waals surface area (Å²) in [5.74, 6) is -0.0889. The van der Waals surface area contributed by atoms with Crippen molar-refractivity contribution in [3.05, 3.63) is 60.4 Å². The average Bonchev–Trinajstić information content (AvgIpc) is 2.45. The van der Waals surface area contributed by atoms with Crippen molar-refractivity contribution < 1.29 is 4.39 Å². The molecule has 0 saturated carbocycles. The lowest BCUT2D eigenvalue weighted by atomic mass is 10.1. The molecule has 4 nitrogen and oxygen atoms in total. The van der Waals surface area contributed by atoms with Gasteiger partial charge in [-0.05, 0) is 11.6 Å². The normalized spacial score (nSPS) is 10.6. The van der Waals surface area contributed by atoms with Crippen LogP contribution in [-0.4, -0.2) is 15.0 Å². The predicted octanol–water partition coefficient (Wildman–Crippen LogP) is 2.78. The summed E-state index contributed by atoms with van der Waals surface area (Å²) < 4.78 is 12.9. The van der Waals surface area contributed by atoms with E-state index in [0.717, 1.165) is 16.5 Å². The van der Waals surface area contributed by atoms with Gasteiger partial charge in [0, 0.05) is 24.2 Å². The largest absolute Gasteiger partial charge is 0.366 e. The van der Waals surface area contributed by atoms with Crippen LogP contribution in [0, 0.1) is 5.95 Å². The minimum Gasteiger partial charge on any atom is -0.366 e. The zero-order valence-corrected chi connectivity index (χ0v) is 10.0. The van der Waals surface area contributed by atoms with E-state index >= 15 is 0 Å². The molecule has 0 aliphatic carbocycles. The van der Waals surface area contributed by atoms with Gasteiger partial charge in [-0.3, -0.25) is 4.98 Å². The first kappa shape index (κ1) is 11.5. The number of para-hydroxylation sites is 1. The molecule has 3 aromatic rings. The smallest absolute Gasteiger partial charge is 0.217 e. The van der Waals surface area contributed by atoms with Crippen molar-refractivity contribution in [2.45, 2.75) is 6.54 Å². The Kier molecular flexibility index (Phi) is 3.02. The van der Waals surface area contributed by atoms with E-state index in [2.05, 4.69) is 20.3 Å². The summed E-state index contributed by atoms with van der Waals surface area (Å²) in [7, 11) is 0. The van der Waals surface area contributed by atoms with Crippen LogP contribution < -0.4 is 5.32 Å². The first-order valence-electron chi connectivity index (χ1n) is 5.87. The van der Waals surface area contributed by atoms with Gasteiger partial charge in [0.1, 0.15) is 12.1 Å². The summed E-state index contributed by atoms with van der Waals surface area (Å²) in [5.41, 5.74) is 1.98. The van der Waals surface area contributed by atoms with Crippen molar-refractivity contribution in [2.24, 2.45) is 0 Å². The topological polar surface area (TPSA) is 50.7 Å². The molecule has 5 heteroatoms. The number of aromatic nitrogens is 3. The maximum absolute atomic E-state index is 12.9. The van der Waals surface area contributed by atoms with Gasteiger partial charge in [0.15, 0.2) is 0 Å². The van der Waals surface area contributed by atoms with Crippen LogP contribution in [0.5, 0.6) is 0 Å². The van der Waals surface area contributed by atoms with Gasteiger partial charge in [0.2, 0.25) is 5.95 Å². The summed E-state index contributed by atoms with van der Waals surface area (Å²) in [6, 6.07) is 11.1. The second-order valence-corrected chi connectivity index (χ2v) is 4.07. The van der Waals surface area contributed by atoms with Gasteiger partial charge >= 0.3 is 0 Å². The quantitative estimate of drug-likeness (QED) is 0.730. The summed E-state index contributed by atoms with van der Waals surface area (Å²) in [6.45, 7) is 0.533. The zero-order valence-electron chi connectivity index (χ0n) is 10.0. The number of rotatable bonds is 3. The van der Waals surface area contributed by atoms with Gasteiger partial charge in [-0.15, -0.1) is 0 Å². The van der Waals surface area contributed by atoms with Crippen LogP contribution in [0.3, 0.4) is 0 Å². The highest BCUT2D eigenvalue weighted by Crippen LogP contribution is 2.17. The predicted molar refractivity (Wildman–Crippen MR) is 71.1 cm³/mol. The van der Waals surface area contributed by atoms with Gasteiger partial charge < -0.3 is 5.32 Å². The third-order valence-electron chi connectivity index (χ3n) is 2.81. The van der Waals surface area contributed by atoms with E-state index < -0.39 is 5.95 Å². The van der Waals surface area contributed by atoms with Crippen molar-refractivity contribution in [3.8, 4) is 0 Å². The first-order valence-corrected chi connectivity index (χ1v) is 5.87. The molecule has 0 unspecified atom stereocenters. The molecule has 1 aromatic carbocycles. The van der Waals surface area contributed by atoms with E-state index in [4.69, 9.17) is 0 Å². The van der Waals surface area contributed by atoms with Crippen LogP contribution in [0.4, 0.5) is 10.2 Å². The van der Waals surface area contributed by atoms with Gasteiger partial charge in [-0.25, -0.2) is 9.97 Å². The number of fused-ring (bicyclic) bond motifs is 1. The third-order valence-corrected chi connectivity index (χ3v) is 2.81. The fourth-order valence-electron chi connectivity index (χ4n) is 1.93. The Morgan fingerprint density at radius 1 is 1.05 bits per heavy atom. The van der Waals surface area contributed by atoms with Crippen LogP contribution >= 0.6 is 0 Å². The van der Waals surface area contributed by atoms with Crippen LogP contribution in [-0.2, 0) is 6.54 Å². The van der Waals surface area contributed by atoms with Crippen LogP contribution in [0.2, 0.25) is 0 Å². The molecule has 0 saturated heterocycles. The summed E-state index contributed by atoms with van der Waals surface area (Å²) in [6.07, 6.45) is 2.95. The van der Waals surface area contributed by atoms with E-state index in [1.165, 1.54) is 12.4 Å². The standard InChI is InChI=1S/C14H11FN4/c15-12-7-13(19-9-18-12)17-8-11-4-1-3-10-5-2-6-16-14(10)11/h1-7,9H,8H2,(H,17,18,19). The maximum atomic E-state index is 12.9. The highest BCUT2D eigenvalue weighted by Gasteiger charge is 2.02. The highest BCUT2D eigenvalue weighted by atomic mass is 19.1. The molecule has 2 heterocycles. The molecular weight excluding hydrogens is 243 g/mol. The van der Waals surface area contributed by atoms with E-state index in [1.807, 2.05) is 30.3 Å². The molecule has 0 aliphatic heterocycles. The fraction of sp³-hybridized carbons (Fsp3) is 0.0714. The number of hydrogen-bond donors (Lipinski definition) is 1. The SMILES string of the molecule is Fc1cc(NCc2cccc3cccnc23)ncn1. The van der Waals surface area contributed by atoms with Crippen LogP contribution in [0.25, 0.3) is 10.9 Å². The van der Waals surface area contributed by atoms with Crippen LogP contribution in [0.15, 0.2) is 48.9 Å². The van der Waals surface area contributed by atoms with Gasteiger partial charge in [0.25, 0.3) is 0 Å². The van der Waals surface area contributed by atoms with E-state index in [9.17, 15) is 4.39 Å². The number of nitrogens with zero attached hydrogens (tertiary/aromatic N) is 3. The second kappa shape index (κ2) is 4.97. The molecule has 0 radical (unpaired) electrons. The number of anilines is 1. The van der Waals surface area contributed by atoms with Gasteiger partial charge in [-0.1, -0.05) is 24.3 Å². The van der Waals surface area contributed by atoms with E-state index in [1.54, 1.807) is 6.20 Å². The lowest BCUT2D eigenvalue weighted by Crippen LogP contribution is -2.03. The maximum Gasteiger partial charge on any atom is 0.217 e. The molecule has 0 atom stereocenters. The van der Waals surface area contributed by atoms with Crippen molar-refractivity contribution in [3.63, 3.8) is 0 Å².